The molecule has 6 atom stereocenters. The van der Waals surface area contributed by atoms with E-state index in [1.807, 2.05) is 0 Å². The van der Waals surface area contributed by atoms with Crippen molar-refractivity contribution in [2.75, 3.05) is 13.7 Å². The standard InChI is InChI=1S/C13H21O14P3/c1-7-3-4-8(9(5-7)23-2)13-12(15)11(14)10(25-13)6-24-29(19,20)27-30(21,22)26-28(16,17)18/h3-5,10-15H,6H2,1-2H3,(H,19,20)(H,21,22)(H2,16,17,18)/t10-,11-,12-,13+/m1/s1. The summed E-state index contributed by atoms with van der Waals surface area (Å²) in [4.78, 5) is 35.6. The van der Waals surface area contributed by atoms with Crippen molar-refractivity contribution in [3.05, 3.63) is 29.3 Å². The maximum absolute atomic E-state index is 11.8. The summed E-state index contributed by atoms with van der Waals surface area (Å²) in [5.74, 6) is 0.361. The number of hydrogen-bond donors (Lipinski definition) is 6. The van der Waals surface area contributed by atoms with Crippen molar-refractivity contribution in [3.63, 3.8) is 0 Å². The zero-order valence-corrected chi connectivity index (χ0v) is 18.2. The van der Waals surface area contributed by atoms with E-state index < -0.39 is 54.5 Å². The number of phosphoric ester groups is 1. The van der Waals surface area contributed by atoms with Crippen LogP contribution in [0.25, 0.3) is 0 Å². The largest absolute Gasteiger partial charge is 0.496 e. The van der Waals surface area contributed by atoms with Gasteiger partial charge in [-0.15, -0.1) is 0 Å². The second kappa shape index (κ2) is 9.43. The Labute approximate surface area is 170 Å². The van der Waals surface area contributed by atoms with Gasteiger partial charge in [-0.25, -0.2) is 13.7 Å². The van der Waals surface area contributed by atoms with Crippen LogP contribution in [0, 0.1) is 6.92 Å². The molecule has 0 spiro atoms. The SMILES string of the molecule is COc1cc(C)ccc1[C@@H]1O[C@H](COP(=O)(O)OP(=O)(O)OP(=O)(O)O)[C@@H](O)[C@H]1O. The summed E-state index contributed by atoms with van der Waals surface area (Å²) >= 11 is 0. The maximum Gasteiger partial charge on any atom is 0.490 e. The van der Waals surface area contributed by atoms with E-state index in [1.54, 1.807) is 25.1 Å². The first-order valence-corrected chi connectivity index (χ1v) is 12.6. The Hall–Kier alpha value is -0.690. The number of aliphatic hydroxyl groups excluding tert-OH is 2. The molecule has 6 N–H and O–H groups in total. The highest BCUT2D eigenvalue weighted by molar-refractivity contribution is 7.66. The van der Waals surface area contributed by atoms with Crippen molar-refractivity contribution in [1.82, 2.24) is 0 Å². The summed E-state index contributed by atoms with van der Waals surface area (Å²) in [5, 5.41) is 20.4. The Bertz CT molecular complexity index is 899. The third-order valence-corrected chi connectivity index (χ3v) is 7.68. The first-order chi connectivity index (χ1) is 13.6. The number of aryl methyl sites for hydroxylation is 1. The highest BCUT2D eigenvalue weighted by atomic mass is 31.3. The number of methoxy groups -OCH3 is 1. The third kappa shape index (κ3) is 6.91. The van der Waals surface area contributed by atoms with E-state index in [4.69, 9.17) is 24.2 Å². The molecule has 172 valence electrons. The van der Waals surface area contributed by atoms with Gasteiger partial charge in [0.15, 0.2) is 0 Å². The van der Waals surface area contributed by atoms with Crippen LogP contribution in [-0.2, 0) is 31.6 Å². The molecule has 1 aromatic rings. The van der Waals surface area contributed by atoms with Gasteiger partial charge in [-0.05, 0) is 18.6 Å². The van der Waals surface area contributed by atoms with Gasteiger partial charge in [-0.1, -0.05) is 12.1 Å². The zero-order valence-electron chi connectivity index (χ0n) is 15.5. The molecule has 2 unspecified atom stereocenters. The van der Waals surface area contributed by atoms with Crippen LogP contribution in [0.4, 0.5) is 0 Å². The molecule has 0 amide bonds. The molecule has 0 bridgehead atoms. The summed E-state index contributed by atoms with van der Waals surface area (Å²) in [5.41, 5.74) is 1.24. The molecule has 1 aliphatic heterocycles. The molecule has 14 nitrogen and oxygen atoms in total. The fourth-order valence-corrected chi connectivity index (χ4v) is 5.70. The molecule has 1 saturated heterocycles. The normalized spacial score (nSPS) is 28.7. The van der Waals surface area contributed by atoms with Gasteiger partial charge in [0.2, 0.25) is 0 Å². The van der Waals surface area contributed by atoms with Crippen molar-refractivity contribution in [2.45, 2.75) is 31.3 Å². The lowest BCUT2D eigenvalue weighted by molar-refractivity contribution is -0.0228. The summed E-state index contributed by atoms with van der Waals surface area (Å²) in [6, 6.07) is 4.97. The Morgan fingerprint density at radius 1 is 1.00 bits per heavy atom. The summed E-state index contributed by atoms with van der Waals surface area (Å²) < 4.78 is 56.0. The highest BCUT2D eigenvalue weighted by Gasteiger charge is 2.46. The Balaban J connectivity index is 2.07. The highest BCUT2D eigenvalue weighted by Crippen LogP contribution is 2.66. The molecule has 0 aliphatic carbocycles. The van der Waals surface area contributed by atoms with Gasteiger partial charge in [0.1, 0.15) is 30.2 Å². The molecule has 0 saturated carbocycles. The minimum Gasteiger partial charge on any atom is -0.496 e. The van der Waals surface area contributed by atoms with Crippen molar-refractivity contribution in [2.24, 2.45) is 0 Å². The fourth-order valence-electron chi connectivity index (χ4n) is 2.67. The lowest BCUT2D eigenvalue weighted by Crippen LogP contribution is -2.33. The molecule has 1 aromatic carbocycles. The Kier molecular flexibility index (Phi) is 8.04. The predicted molar refractivity (Wildman–Crippen MR) is 97.2 cm³/mol. The molecular weight excluding hydrogens is 473 g/mol. The predicted octanol–water partition coefficient (Wildman–Crippen LogP) is 0.509. The zero-order chi connectivity index (χ0) is 22.9. The molecule has 0 aromatic heterocycles. The summed E-state index contributed by atoms with van der Waals surface area (Å²) in [7, 11) is -15.2. The minimum atomic E-state index is -5.67. The van der Waals surface area contributed by atoms with Crippen LogP contribution >= 0.6 is 23.5 Å². The van der Waals surface area contributed by atoms with E-state index in [9.17, 15) is 28.8 Å². The van der Waals surface area contributed by atoms with Crippen LogP contribution in [-0.4, -0.2) is 61.8 Å². The Morgan fingerprint density at radius 2 is 1.63 bits per heavy atom. The van der Waals surface area contributed by atoms with Crippen LogP contribution in [0.5, 0.6) is 5.75 Å². The molecular formula is C13H21O14P3. The first kappa shape index (κ1) is 25.6. The van der Waals surface area contributed by atoms with Crippen molar-refractivity contribution < 1.29 is 66.1 Å². The molecule has 1 heterocycles. The van der Waals surface area contributed by atoms with Crippen LogP contribution in [0.3, 0.4) is 0 Å². The lowest BCUT2D eigenvalue weighted by Gasteiger charge is -2.19. The topological polar surface area (TPSA) is 219 Å². The number of benzene rings is 1. The second-order valence-corrected chi connectivity index (χ2v) is 10.6. The number of rotatable bonds is 9. The Morgan fingerprint density at radius 3 is 2.20 bits per heavy atom. The number of aliphatic hydroxyl groups is 2. The van der Waals surface area contributed by atoms with Gasteiger partial charge >= 0.3 is 23.5 Å². The van der Waals surface area contributed by atoms with Gasteiger partial charge in [0.05, 0.1) is 13.7 Å². The summed E-state index contributed by atoms with van der Waals surface area (Å²) in [6.07, 6.45) is -5.53. The van der Waals surface area contributed by atoms with Gasteiger partial charge in [0.25, 0.3) is 0 Å². The number of ether oxygens (including phenoxy) is 2. The third-order valence-electron chi connectivity index (χ3n) is 3.88. The van der Waals surface area contributed by atoms with Gasteiger partial charge in [-0.3, -0.25) is 4.52 Å². The number of hydrogen-bond acceptors (Lipinski definition) is 10. The quantitative estimate of drug-likeness (QED) is 0.258. The monoisotopic (exact) mass is 494 g/mol. The lowest BCUT2D eigenvalue weighted by atomic mass is 9.99. The van der Waals surface area contributed by atoms with E-state index >= 15 is 0 Å². The van der Waals surface area contributed by atoms with E-state index in [1.165, 1.54) is 7.11 Å². The van der Waals surface area contributed by atoms with Crippen molar-refractivity contribution >= 4 is 23.5 Å². The first-order valence-electron chi connectivity index (χ1n) is 8.08. The average Bonchev–Trinajstić information content (AvgIpc) is 2.85. The minimum absolute atomic E-state index is 0.361. The molecule has 0 radical (unpaired) electrons. The van der Waals surface area contributed by atoms with Crippen molar-refractivity contribution in [1.29, 1.82) is 0 Å². The fraction of sp³-hybridized carbons (Fsp3) is 0.538. The molecule has 17 heteroatoms. The second-order valence-electron chi connectivity index (χ2n) is 6.21. The average molecular weight is 494 g/mol. The van der Waals surface area contributed by atoms with E-state index in [2.05, 4.69) is 13.1 Å². The molecule has 30 heavy (non-hydrogen) atoms. The maximum atomic E-state index is 11.8. The van der Waals surface area contributed by atoms with Crippen LogP contribution < -0.4 is 4.74 Å². The van der Waals surface area contributed by atoms with Gasteiger partial charge in [-0.2, -0.15) is 8.62 Å². The molecule has 2 rings (SSSR count). The van der Waals surface area contributed by atoms with Crippen LogP contribution in [0.2, 0.25) is 0 Å². The van der Waals surface area contributed by atoms with Gasteiger partial charge in [0, 0.05) is 5.56 Å². The van der Waals surface area contributed by atoms with E-state index in [0.29, 0.717) is 11.3 Å². The van der Waals surface area contributed by atoms with Gasteiger partial charge < -0.3 is 39.3 Å². The van der Waals surface area contributed by atoms with Crippen LogP contribution in [0.1, 0.15) is 17.2 Å². The summed E-state index contributed by atoms with van der Waals surface area (Å²) in [6.45, 7) is 0.908. The smallest absolute Gasteiger partial charge is 0.490 e. The molecule has 1 aliphatic rings. The number of phosphoric acid groups is 3. The molecule has 1 fully saturated rings. The van der Waals surface area contributed by atoms with Crippen LogP contribution in [0.15, 0.2) is 18.2 Å². The van der Waals surface area contributed by atoms with Crippen molar-refractivity contribution in [3.8, 4) is 5.75 Å². The van der Waals surface area contributed by atoms with E-state index in [-0.39, 0.29) is 0 Å². The van der Waals surface area contributed by atoms with E-state index in [0.717, 1.165) is 5.56 Å².